The zero-order valence-corrected chi connectivity index (χ0v) is 10.9. The molecule has 5 nitrogen and oxygen atoms in total. The molecule has 1 aromatic carbocycles. The SMILES string of the molecule is Cc1ccc(F)c(CN(C)C(=O)NCCC(=O)O)c1. The number of carboxylic acids is 1. The predicted octanol–water partition coefficient (Wildman–Crippen LogP) is 1.75. The first-order valence-electron chi connectivity index (χ1n) is 5.86. The van der Waals surface area contributed by atoms with Gasteiger partial charge in [-0.1, -0.05) is 17.7 Å². The second kappa shape index (κ2) is 6.72. The molecule has 0 aliphatic carbocycles. The van der Waals surface area contributed by atoms with Gasteiger partial charge in [0.25, 0.3) is 0 Å². The van der Waals surface area contributed by atoms with Gasteiger partial charge in [0.2, 0.25) is 0 Å². The molecule has 6 heteroatoms. The Bertz CT molecular complexity index is 477. The third kappa shape index (κ3) is 4.95. The Kier molecular flexibility index (Phi) is 5.29. The smallest absolute Gasteiger partial charge is 0.317 e. The number of rotatable bonds is 5. The number of carbonyl (C=O) groups excluding carboxylic acids is 1. The van der Waals surface area contributed by atoms with Gasteiger partial charge in [0, 0.05) is 25.7 Å². The number of hydrogen-bond acceptors (Lipinski definition) is 2. The summed E-state index contributed by atoms with van der Waals surface area (Å²) in [6.07, 6.45) is -0.140. The summed E-state index contributed by atoms with van der Waals surface area (Å²) in [5.74, 6) is -1.34. The van der Waals surface area contributed by atoms with Gasteiger partial charge < -0.3 is 15.3 Å². The fourth-order valence-electron chi connectivity index (χ4n) is 1.56. The van der Waals surface area contributed by atoms with Gasteiger partial charge in [-0.2, -0.15) is 0 Å². The van der Waals surface area contributed by atoms with Gasteiger partial charge >= 0.3 is 12.0 Å². The lowest BCUT2D eigenvalue weighted by atomic mass is 10.1. The van der Waals surface area contributed by atoms with E-state index in [9.17, 15) is 14.0 Å². The maximum absolute atomic E-state index is 13.5. The van der Waals surface area contributed by atoms with E-state index in [0.717, 1.165) is 5.56 Å². The summed E-state index contributed by atoms with van der Waals surface area (Å²) in [6.45, 7) is 2.02. The van der Waals surface area contributed by atoms with Crippen LogP contribution < -0.4 is 5.32 Å². The Labute approximate surface area is 111 Å². The van der Waals surface area contributed by atoms with Gasteiger partial charge in [-0.3, -0.25) is 4.79 Å². The predicted molar refractivity (Wildman–Crippen MR) is 68.3 cm³/mol. The minimum Gasteiger partial charge on any atom is -0.481 e. The first-order valence-corrected chi connectivity index (χ1v) is 5.86. The number of nitrogens with one attached hydrogen (secondary N) is 1. The molecule has 0 aliphatic rings. The Balaban J connectivity index is 2.53. The number of carbonyl (C=O) groups is 2. The van der Waals surface area contributed by atoms with Gasteiger partial charge in [-0.25, -0.2) is 9.18 Å². The molecule has 2 N–H and O–H groups in total. The highest BCUT2D eigenvalue weighted by Crippen LogP contribution is 2.12. The zero-order valence-electron chi connectivity index (χ0n) is 10.9. The normalized spacial score (nSPS) is 10.1. The molecule has 1 rings (SSSR count). The van der Waals surface area contributed by atoms with Gasteiger partial charge in [-0.05, 0) is 13.0 Å². The third-order valence-corrected chi connectivity index (χ3v) is 2.57. The summed E-state index contributed by atoms with van der Waals surface area (Å²) in [5.41, 5.74) is 1.34. The lowest BCUT2D eigenvalue weighted by molar-refractivity contribution is -0.136. The number of aliphatic carboxylic acids is 1. The molecular formula is C13H17FN2O3. The first kappa shape index (κ1) is 14.9. The van der Waals surface area contributed by atoms with Crippen LogP contribution in [-0.4, -0.2) is 35.6 Å². The van der Waals surface area contributed by atoms with E-state index in [1.54, 1.807) is 12.1 Å². The highest BCUT2D eigenvalue weighted by atomic mass is 19.1. The van der Waals surface area contributed by atoms with Crippen LogP contribution >= 0.6 is 0 Å². The summed E-state index contributed by atoms with van der Waals surface area (Å²) < 4.78 is 13.5. The molecular weight excluding hydrogens is 251 g/mol. The topological polar surface area (TPSA) is 69.6 Å². The summed E-state index contributed by atoms with van der Waals surface area (Å²) in [6, 6.07) is 4.27. The van der Waals surface area contributed by atoms with Crippen LogP contribution in [-0.2, 0) is 11.3 Å². The maximum atomic E-state index is 13.5. The Morgan fingerprint density at radius 3 is 2.74 bits per heavy atom. The highest BCUT2D eigenvalue weighted by molar-refractivity contribution is 5.75. The average Bonchev–Trinajstić information content (AvgIpc) is 2.33. The summed E-state index contributed by atoms with van der Waals surface area (Å²) in [5, 5.41) is 10.9. The number of hydrogen-bond donors (Lipinski definition) is 2. The van der Waals surface area contributed by atoms with Gasteiger partial charge in [0.05, 0.1) is 6.42 Å². The van der Waals surface area contributed by atoms with Crippen molar-refractivity contribution in [2.24, 2.45) is 0 Å². The second-order valence-electron chi connectivity index (χ2n) is 4.33. The molecule has 0 aromatic heterocycles. The number of urea groups is 1. The van der Waals surface area contributed by atoms with Crippen LogP contribution in [0.3, 0.4) is 0 Å². The summed E-state index contributed by atoms with van der Waals surface area (Å²) >= 11 is 0. The highest BCUT2D eigenvalue weighted by Gasteiger charge is 2.11. The first-order chi connectivity index (χ1) is 8.90. The number of carboxylic acid groups (broad SMARTS) is 1. The number of benzene rings is 1. The third-order valence-electron chi connectivity index (χ3n) is 2.57. The molecule has 0 atom stereocenters. The maximum Gasteiger partial charge on any atom is 0.317 e. The minimum absolute atomic E-state index is 0.0504. The zero-order chi connectivity index (χ0) is 14.4. The number of nitrogens with zero attached hydrogens (tertiary/aromatic N) is 1. The van der Waals surface area contributed by atoms with E-state index in [2.05, 4.69) is 5.32 Å². The van der Waals surface area contributed by atoms with Crippen molar-refractivity contribution in [1.82, 2.24) is 10.2 Å². The molecule has 0 saturated heterocycles. The van der Waals surface area contributed by atoms with Crippen LogP contribution in [0.25, 0.3) is 0 Å². The molecule has 2 amide bonds. The van der Waals surface area contributed by atoms with E-state index in [-0.39, 0.29) is 25.3 Å². The molecule has 0 fully saturated rings. The molecule has 0 unspecified atom stereocenters. The molecule has 0 bridgehead atoms. The van der Waals surface area contributed by atoms with Crippen molar-refractivity contribution < 1.29 is 19.1 Å². The standard InChI is InChI=1S/C13H17FN2O3/c1-9-3-4-11(14)10(7-9)8-16(2)13(19)15-6-5-12(17)18/h3-4,7H,5-6,8H2,1-2H3,(H,15,19)(H,17,18). The number of amides is 2. The van der Waals surface area contributed by atoms with Crippen molar-refractivity contribution in [3.8, 4) is 0 Å². The van der Waals surface area contributed by atoms with Gasteiger partial charge in [0.15, 0.2) is 0 Å². The van der Waals surface area contributed by atoms with Crippen LogP contribution in [0.15, 0.2) is 18.2 Å². The van der Waals surface area contributed by atoms with Crippen LogP contribution in [0, 0.1) is 12.7 Å². The van der Waals surface area contributed by atoms with Gasteiger partial charge in [0.1, 0.15) is 5.82 Å². The van der Waals surface area contributed by atoms with Crippen LogP contribution in [0.1, 0.15) is 17.5 Å². The quantitative estimate of drug-likeness (QED) is 0.854. The van der Waals surface area contributed by atoms with Crippen LogP contribution in [0.2, 0.25) is 0 Å². The van der Waals surface area contributed by atoms with E-state index in [4.69, 9.17) is 5.11 Å². The monoisotopic (exact) mass is 268 g/mol. The molecule has 0 spiro atoms. The molecule has 0 heterocycles. The minimum atomic E-state index is -0.979. The molecule has 0 aliphatic heterocycles. The van der Waals surface area contributed by atoms with Crippen molar-refractivity contribution in [1.29, 1.82) is 0 Å². The van der Waals surface area contributed by atoms with Crippen molar-refractivity contribution >= 4 is 12.0 Å². The summed E-state index contributed by atoms with van der Waals surface area (Å²) in [7, 11) is 1.53. The van der Waals surface area contributed by atoms with E-state index in [0.29, 0.717) is 5.56 Å². The van der Waals surface area contributed by atoms with Crippen molar-refractivity contribution in [2.45, 2.75) is 19.9 Å². The molecule has 1 aromatic rings. The average molecular weight is 268 g/mol. The van der Waals surface area contributed by atoms with E-state index < -0.39 is 12.0 Å². The largest absolute Gasteiger partial charge is 0.481 e. The van der Waals surface area contributed by atoms with E-state index in [1.165, 1.54) is 18.0 Å². The fraction of sp³-hybridized carbons (Fsp3) is 0.385. The van der Waals surface area contributed by atoms with Crippen molar-refractivity contribution in [3.05, 3.63) is 35.1 Å². The van der Waals surface area contributed by atoms with E-state index >= 15 is 0 Å². The van der Waals surface area contributed by atoms with Crippen molar-refractivity contribution in [3.63, 3.8) is 0 Å². The second-order valence-corrected chi connectivity index (χ2v) is 4.33. The van der Waals surface area contributed by atoms with Crippen LogP contribution in [0.5, 0.6) is 0 Å². The van der Waals surface area contributed by atoms with Gasteiger partial charge in [-0.15, -0.1) is 0 Å². The number of aryl methyl sites for hydroxylation is 1. The van der Waals surface area contributed by atoms with Crippen molar-refractivity contribution in [2.75, 3.05) is 13.6 Å². The fourth-order valence-corrected chi connectivity index (χ4v) is 1.56. The Hall–Kier alpha value is -2.11. The van der Waals surface area contributed by atoms with Crippen LogP contribution in [0.4, 0.5) is 9.18 Å². The Morgan fingerprint density at radius 2 is 2.11 bits per heavy atom. The molecule has 104 valence electrons. The molecule has 0 radical (unpaired) electrons. The molecule has 19 heavy (non-hydrogen) atoms. The number of halogens is 1. The van der Waals surface area contributed by atoms with E-state index in [1.807, 2.05) is 6.92 Å². The summed E-state index contributed by atoms with van der Waals surface area (Å²) in [4.78, 5) is 23.2. The lowest BCUT2D eigenvalue weighted by Gasteiger charge is -2.18. The molecule has 0 saturated carbocycles. The Morgan fingerprint density at radius 1 is 1.42 bits per heavy atom. The lowest BCUT2D eigenvalue weighted by Crippen LogP contribution is -2.37.